The van der Waals surface area contributed by atoms with Gasteiger partial charge in [0.1, 0.15) is 5.75 Å². The van der Waals surface area contributed by atoms with Crippen molar-refractivity contribution in [2.24, 2.45) is 5.92 Å². The van der Waals surface area contributed by atoms with E-state index in [0.717, 1.165) is 32.1 Å². The first-order valence-corrected chi connectivity index (χ1v) is 13.9. The van der Waals surface area contributed by atoms with E-state index in [-0.39, 0.29) is 35.5 Å². The van der Waals surface area contributed by atoms with Crippen LogP contribution < -0.4 is 14.2 Å². The molecule has 4 rings (SSSR count). The monoisotopic (exact) mass is 544 g/mol. The predicted molar refractivity (Wildman–Crippen MR) is 145 cm³/mol. The maximum Gasteiger partial charge on any atom is 0.201 e. The Hall–Kier alpha value is -3.22. The van der Waals surface area contributed by atoms with Crippen LogP contribution in [0.15, 0.2) is 48.5 Å². The van der Waals surface area contributed by atoms with Gasteiger partial charge in [0.25, 0.3) is 0 Å². The van der Waals surface area contributed by atoms with E-state index in [4.69, 9.17) is 14.2 Å². The quantitative estimate of drug-likeness (QED) is 0.168. The van der Waals surface area contributed by atoms with Gasteiger partial charge in [-0.1, -0.05) is 38.5 Å². The van der Waals surface area contributed by atoms with E-state index in [9.17, 15) is 17.6 Å². The van der Waals surface area contributed by atoms with Crippen LogP contribution in [0, 0.1) is 29.2 Å². The SMILES string of the molecule is CCCCOc1ccc(C2CCC(COc3ccc(-c4ccc(OCCC)cc4)c(F)c3F)CC2)c(F)c1F. The third kappa shape index (κ3) is 7.06. The van der Waals surface area contributed by atoms with Gasteiger partial charge < -0.3 is 14.2 Å². The summed E-state index contributed by atoms with van der Waals surface area (Å²) >= 11 is 0. The Kier molecular flexibility index (Phi) is 10.1. The zero-order chi connectivity index (χ0) is 27.8. The molecule has 0 saturated heterocycles. The van der Waals surface area contributed by atoms with Crippen molar-refractivity contribution >= 4 is 0 Å². The Labute approximate surface area is 228 Å². The summed E-state index contributed by atoms with van der Waals surface area (Å²) < 4.78 is 75.6. The molecule has 7 heteroatoms. The number of unbranched alkanes of at least 4 members (excludes halogenated alkanes) is 1. The summed E-state index contributed by atoms with van der Waals surface area (Å²) in [6.07, 6.45) is 5.32. The van der Waals surface area contributed by atoms with E-state index in [0.29, 0.717) is 42.9 Å². The molecule has 3 aromatic rings. The molecule has 3 nitrogen and oxygen atoms in total. The highest BCUT2D eigenvalue weighted by Gasteiger charge is 2.27. The van der Waals surface area contributed by atoms with Crippen molar-refractivity contribution in [2.75, 3.05) is 19.8 Å². The van der Waals surface area contributed by atoms with Crippen LogP contribution in [0.2, 0.25) is 0 Å². The lowest BCUT2D eigenvalue weighted by Gasteiger charge is -2.29. The summed E-state index contributed by atoms with van der Waals surface area (Å²) in [7, 11) is 0. The van der Waals surface area contributed by atoms with Crippen molar-refractivity contribution in [3.8, 4) is 28.4 Å². The van der Waals surface area contributed by atoms with Gasteiger partial charge in [-0.25, -0.2) is 8.78 Å². The molecule has 0 radical (unpaired) electrons. The van der Waals surface area contributed by atoms with Crippen LogP contribution >= 0.6 is 0 Å². The fraction of sp³-hybridized carbons (Fsp3) is 0.438. The molecule has 0 aliphatic heterocycles. The number of hydrogen-bond donors (Lipinski definition) is 0. The molecule has 0 spiro atoms. The lowest BCUT2D eigenvalue weighted by molar-refractivity contribution is 0.191. The van der Waals surface area contributed by atoms with Crippen molar-refractivity contribution in [3.05, 3.63) is 77.4 Å². The van der Waals surface area contributed by atoms with Crippen molar-refractivity contribution in [2.45, 2.75) is 64.7 Å². The summed E-state index contributed by atoms with van der Waals surface area (Å²) in [5.41, 5.74) is 1.06. The highest BCUT2D eigenvalue weighted by molar-refractivity contribution is 5.66. The van der Waals surface area contributed by atoms with Crippen LogP contribution in [0.5, 0.6) is 17.2 Å². The highest BCUT2D eigenvalue weighted by atomic mass is 19.2. The van der Waals surface area contributed by atoms with Gasteiger partial charge in [0.2, 0.25) is 11.6 Å². The molecule has 39 heavy (non-hydrogen) atoms. The number of ether oxygens (including phenoxy) is 3. The maximum absolute atomic E-state index is 14.9. The van der Waals surface area contributed by atoms with Crippen LogP contribution in [-0.2, 0) is 0 Å². The molecular formula is C32H36F4O3. The molecule has 1 fully saturated rings. The van der Waals surface area contributed by atoms with E-state index in [1.165, 1.54) is 18.2 Å². The van der Waals surface area contributed by atoms with Crippen molar-refractivity contribution in [3.63, 3.8) is 0 Å². The van der Waals surface area contributed by atoms with Gasteiger partial charge in [0.05, 0.1) is 19.8 Å². The second kappa shape index (κ2) is 13.7. The first-order valence-electron chi connectivity index (χ1n) is 13.9. The summed E-state index contributed by atoms with van der Waals surface area (Å²) in [5, 5.41) is 0. The van der Waals surface area contributed by atoms with Crippen LogP contribution in [0.4, 0.5) is 17.6 Å². The van der Waals surface area contributed by atoms with E-state index in [1.54, 1.807) is 30.3 Å². The molecule has 0 amide bonds. The normalized spacial score (nSPS) is 17.2. The molecule has 0 aromatic heterocycles. The van der Waals surface area contributed by atoms with Crippen molar-refractivity contribution < 1.29 is 31.8 Å². The number of benzene rings is 3. The Morgan fingerprint density at radius 2 is 1.31 bits per heavy atom. The van der Waals surface area contributed by atoms with Crippen LogP contribution in [-0.4, -0.2) is 19.8 Å². The van der Waals surface area contributed by atoms with Crippen LogP contribution in [0.25, 0.3) is 11.1 Å². The minimum Gasteiger partial charge on any atom is -0.494 e. The van der Waals surface area contributed by atoms with E-state index in [1.807, 2.05) is 13.8 Å². The van der Waals surface area contributed by atoms with Gasteiger partial charge in [-0.15, -0.1) is 0 Å². The molecule has 0 atom stereocenters. The zero-order valence-electron chi connectivity index (χ0n) is 22.6. The zero-order valence-corrected chi connectivity index (χ0v) is 22.6. The maximum atomic E-state index is 14.9. The molecule has 0 unspecified atom stereocenters. The minimum absolute atomic E-state index is 0.0509. The second-order valence-corrected chi connectivity index (χ2v) is 10.1. The minimum atomic E-state index is -1.02. The molecule has 0 N–H and O–H groups in total. The van der Waals surface area contributed by atoms with Gasteiger partial charge in [0.15, 0.2) is 23.1 Å². The molecule has 0 heterocycles. The number of rotatable bonds is 12. The fourth-order valence-electron chi connectivity index (χ4n) is 4.96. The standard InChI is InChI=1S/C32H36F4O3/c1-3-5-19-38-27-16-14-25(29(33)31(27)35)22-8-6-21(7-9-22)20-39-28-17-15-26(30(34)32(28)36)23-10-12-24(13-11-23)37-18-4-2/h10-17,21-22H,3-9,18-20H2,1-2H3. The Morgan fingerprint density at radius 1 is 0.641 bits per heavy atom. The molecular weight excluding hydrogens is 508 g/mol. The third-order valence-corrected chi connectivity index (χ3v) is 7.28. The van der Waals surface area contributed by atoms with E-state index < -0.39 is 23.3 Å². The summed E-state index contributed by atoms with van der Waals surface area (Å²) in [5.74, 6) is -3.25. The van der Waals surface area contributed by atoms with Gasteiger partial charge >= 0.3 is 0 Å². The largest absolute Gasteiger partial charge is 0.494 e. The highest BCUT2D eigenvalue weighted by Crippen LogP contribution is 2.39. The smallest absolute Gasteiger partial charge is 0.201 e. The third-order valence-electron chi connectivity index (χ3n) is 7.28. The lowest BCUT2D eigenvalue weighted by atomic mass is 9.79. The van der Waals surface area contributed by atoms with Crippen LogP contribution in [0.1, 0.15) is 70.3 Å². The fourth-order valence-corrected chi connectivity index (χ4v) is 4.96. The van der Waals surface area contributed by atoms with Gasteiger partial charge in [-0.2, -0.15) is 8.78 Å². The van der Waals surface area contributed by atoms with Gasteiger partial charge in [-0.3, -0.25) is 0 Å². The van der Waals surface area contributed by atoms with Gasteiger partial charge in [-0.05, 0) is 91.8 Å². The topological polar surface area (TPSA) is 27.7 Å². The van der Waals surface area contributed by atoms with E-state index in [2.05, 4.69) is 0 Å². The molecule has 0 bridgehead atoms. The Balaban J connectivity index is 1.32. The summed E-state index contributed by atoms with van der Waals surface area (Å²) in [6, 6.07) is 13.0. The van der Waals surface area contributed by atoms with Crippen LogP contribution in [0.3, 0.4) is 0 Å². The average Bonchev–Trinajstić information content (AvgIpc) is 2.96. The van der Waals surface area contributed by atoms with Crippen molar-refractivity contribution in [1.82, 2.24) is 0 Å². The molecule has 3 aromatic carbocycles. The van der Waals surface area contributed by atoms with E-state index >= 15 is 0 Å². The summed E-state index contributed by atoms with van der Waals surface area (Å²) in [6.45, 7) is 5.18. The molecule has 210 valence electrons. The first kappa shape index (κ1) is 28.8. The van der Waals surface area contributed by atoms with Gasteiger partial charge in [0, 0.05) is 5.56 Å². The molecule has 1 saturated carbocycles. The Bertz CT molecular complexity index is 1220. The lowest BCUT2D eigenvalue weighted by Crippen LogP contribution is -2.20. The predicted octanol–water partition coefficient (Wildman–Crippen LogP) is 9.23. The Morgan fingerprint density at radius 3 is 2.00 bits per heavy atom. The average molecular weight is 545 g/mol. The van der Waals surface area contributed by atoms with Crippen molar-refractivity contribution in [1.29, 1.82) is 0 Å². The number of hydrogen-bond acceptors (Lipinski definition) is 3. The summed E-state index contributed by atoms with van der Waals surface area (Å²) in [4.78, 5) is 0. The first-order chi connectivity index (χ1) is 18.9. The molecule has 1 aliphatic carbocycles. The number of halogens is 4. The molecule has 1 aliphatic rings. The second-order valence-electron chi connectivity index (χ2n) is 10.1.